The summed E-state index contributed by atoms with van der Waals surface area (Å²) in [4.78, 5) is 2.66. The summed E-state index contributed by atoms with van der Waals surface area (Å²) in [6.45, 7) is 6.51. The molecule has 0 bridgehead atoms. The smallest absolute Gasteiger partial charge is 0.246 e. The van der Waals surface area contributed by atoms with Gasteiger partial charge in [-0.15, -0.1) is 0 Å². The monoisotopic (exact) mass is 285 g/mol. The van der Waals surface area contributed by atoms with Crippen molar-refractivity contribution in [2.45, 2.75) is 17.9 Å². The Kier molecular flexibility index (Phi) is 3.34. The van der Waals surface area contributed by atoms with Gasteiger partial charge in [-0.25, -0.2) is 8.42 Å². The molecule has 3 rings (SSSR count). The van der Waals surface area contributed by atoms with Gasteiger partial charge in [0.05, 0.1) is 11.9 Å². The summed E-state index contributed by atoms with van der Waals surface area (Å²) < 4.78 is 26.5. The summed E-state index contributed by atoms with van der Waals surface area (Å²) in [5, 5.41) is 9.73. The molecule has 0 atom stereocenters. The molecule has 8 heteroatoms. The van der Waals surface area contributed by atoms with E-state index in [1.54, 1.807) is 11.2 Å². The fourth-order valence-electron chi connectivity index (χ4n) is 2.58. The van der Waals surface area contributed by atoms with Crippen molar-refractivity contribution in [3.05, 3.63) is 11.9 Å². The van der Waals surface area contributed by atoms with E-state index in [-0.39, 0.29) is 0 Å². The molecule has 1 aromatic heterocycles. The Morgan fingerprint density at radius 3 is 2.42 bits per heavy atom. The van der Waals surface area contributed by atoms with E-state index in [4.69, 9.17) is 0 Å². The molecule has 0 aliphatic carbocycles. The minimum atomic E-state index is -3.39. The second-order valence-corrected chi connectivity index (χ2v) is 7.02. The van der Waals surface area contributed by atoms with E-state index in [0.717, 1.165) is 26.2 Å². The standard InChI is InChI=1S/C11H19N5O2S/c1-9-11(8-13-14-9)19(17,18)16-4-2-15(3-5-16)10-6-12-7-10/h8,10,12H,2-7H2,1H3,(H,13,14). The molecule has 0 amide bonds. The molecule has 1 aromatic rings. The van der Waals surface area contributed by atoms with Crippen molar-refractivity contribution in [3.63, 3.8) is 0 Å². The molecule has 2 aliphatic rings. The van der Waals surface area contributed by atoms with E-state index in [9.17, 15) is 8.42 Å². The van der Waals surface area contributed by atoms with Crippen LogP contribution in [0.15, 0.2) is 11.1 Å². The molecular weight excluding hydrogens is 266 g/mol. The molecule has 19 heavy (non-hydrogen) atoms. The zero-order valence-electron chi connectivity index (χ0n) is 11.0. The van der Waals surface area contributed by atoms with Gasteiger partial charge in [0.2, 0.25) is 10.0 Å². The van der Waals surface area contributed by atoms with Gasteiger partial charge in [-0.05, 0) is 6.92 Å². The van der Waals surface area contributed by atoms with E-state index in [1.807, 2.05) is 0 Å². The van der Waals surface area contributed by atoms with Crippen LogP contribution in [0, 0.1) is 6.92 Å². The van der Waals surface area contributed by atoms with Crippen LogP contribution in [0.3, 0.4) is 0 Å². The van der Waals surface area contributed by atoms with Crippen LogP contribution >= 0.6 is 0 Å². The van der Waals surface area contributed by atoms with E-state index < -0.39 is 10.0 Å². The SMILES string of the molecule is Cc1[nH]ncc1S(=O)(=O)N1CCN(C2CNC2)CC1. The third-order valence-corrected chi connectivity index (χ3v) is 5.96. The van der Waals surface area contributed by atoms with Crippen molar-refractivity contribution in [2.75, 3.05) is 39.3 Å². The molecule has 2 N–H and O–H groups in total. The van der Waals surface area contributed by atoms with Gasteiger partial charge in [-0.3, -0.25) is 10.00 Å². The van der Waals surface area contributed by atoms with Gasteiger partial charge >= 0.3 is 0 Å². The van der Waals surface area contributed by atoms with E-state index in [2.05, 4.69) is 20.4 Å². The number of aromatic amines is 1. The van der Waals surface area contributed by atoms with E-state index in [1.165, 1.54) is 6.20 Å². The molecule has 0 aromatic carbocycles. The van der Waals surface area contributed by atoms with Crippen LogP contribution in [0.25, 0.3) is 0 Å². The first-order chi connectivity index (χ1) is 9.09. The number of sulfonamides is 1. The maximum atomic E-state index is 12.5. The summed E-state index contributed by atoms with van der Waals surface area (Å²) in [7, 11) is -3.39. The quantitative estimate of drug-likeness (QED) is 0.744. The highest BCUT2D eigenvalue weighted by Crippen LogP contribution is 2.20. The molecule has 2 saturated heterocycles. The number of nitrogens with one attached hydrogen (secondary N) is 2. The van der Waals surface area contributed by atoms with Crippen LogP contribution in [-0.4, -0.2) is 73.1 Å². The van der Waals surface area contributed by atoms with Crippen molar-refractivity contribution < 1.29 is 8.42 Å². The minimum Gasteiger partial charge on any atom is -0.314 e. The van der Waals surface area contributed by atoms with Crippen LogP contribution in [-0.2, 0) is 10.0 Å². The second kappa shape index (κ2) is 4.86. The van der Waals surface area contributed by atoms with Crippen LogP contribution in [0.5, 0.6) is 0 Å². The zero-order valence-corrected chi connectivity index (χ0v) is 11.8. The number of piperazine rings is 1. The number of H-pyrrole nitrogens is 1. The molecule has 0 saturated carbocycles. The Morgan fingerprint density at radius 2 is 1.95 bits per heavy atom. The largest absolute Gasteiger partial charge is 0.314 e. The first-order valence-corrected chi connectivity index (χ1v) is 7.98. The van der Waals surface area contributed by atoms with Crippen LogP contribution < -0.4 is 5.32 Å². The number of nitrogens with zero attached hydrogens (tertiary/aromatic N) is 3. The van der Waals surface area contributed by atoms with Crippen molar-refractivity contribution >= 4 is 10.0 Å². The maximum Gasteiger partial charge on any atom is 0.246 e. The van der Waals surface area contributed by atoms with Gasteiger partial charge in [-0.2, -0.15) is 9.40 Å². The Bertz CT molecular complexity index is 543. The summed E-state index contributed by atoms with van der Waals surface area (Å²) in [5.74, 6) is 0. The number of aromatic nitrogens is 2. The third-order valence-electron chi connectivity index (χ3n) is 3.95. The third kappa shape index (κ3) is 2.29. The normalized spacial score (nSPS) is 23.4. The van der Waals surface area contributed by atoms with Gasteiger partial charge in [-0.1, -0.05) is 0 Å². The highest BCUT2D eigenvalue weighted by Gasteiger charge is 2.33. The number of aryl methyl sites for hydroxylation is 1. The minimum absolute atomic E-state index is 0.297. The van der Waals surface area contributed by atoms with Gasteiger partial charge in [0.1, 0.15) is 4.90 Å². The Balaban J connectivity index is 1.69. The average molecular weight is 285 g/mol. The summed E-state index contributed by atoms with van der Waals surface area (Å²) in [5.41, 5.74) is 0.602. The number of rotatable bonds is 3. The molecule has 0 radical (unpaired) electrons. The second-order valence-electron chi connectivity index (χ2n) is 5.11. The lowest BCUT2D eigenvalue weighted by Gasteiger charge is -2.42. The lowest BCUT2D eigenvalue weighted by atomic mass is 10.1. The predicted molar refractivity (Wildman–Crippen MR) is 70.3 cm³/mol. The summed E-state index contributed by atoms with van der Waals surface area (Å²) in [6, 6.07) is 0.584. The zero-order chi connectivity index (χ0) is 13.5. The van der Waals surface area contributed by atoms with Crippen molar-refractivity contribution in [2.24, 2.45) is 0 Å². The fourth-order valence-corrected chi connectivity index (χ4v) is 4.12. The molecule has 106 valence electrons. The Hall–Kier alpha value is -0.960. The van der Waals surface area contributed by atoms with E-state index >= 15 is 0 Å². The van der Waals surface area contributed by atoms with Crippen LogP contribution in [0.4, 0.5) is 0 Å². The molecule has 3 heterocycles. The Morgan fingerprint density at radius 1 is 1.26 bits per heavy atom. The molecular formula is C11H19N5O2S. The summed E-state index contributed by atoms with van der Waals surface area (Å²) in [6.07, 6.45) is 1.40. The van der Waals surface area contributed by atoms with Crippen LogP contribution in [0.2, 0.25) is 0 Å². The maximum absolute atomic E-state index is 12.5. The molecule has 2 aliphatic heterocycles. The first kappa shape index (κ1) is 13.0. The van der Waals surface area contributed by atoms with Crippen LogP contribution in [0.1, 0.15) is 5.69 Å². The lowest BCUT2D eigenvalue weighted by molar-refractivity contribution is 0.103. The number of hydrogen-bond acceptors (Lipinski definition) is 5. The fraction of sp³-hybridized carbons (Fsp3) is 0.727. The van der Waals surface area contributed by atoms with Gasteiger partial charge < -0.3 is 5.32 Å². The predicted octanol–water partition coefficient (Wildman–Crippen LogP) is -1.00. The number of hydrogen-bond donors (Lipinski definition) is 2. The van der Waals surface area contributed by atoms with Crippen molar-refractivity contribution in [1.29, 1.82) is 0 Å². The Labute approximate surface area is 113 Å². The molecule has 0 unspecified atom stereocenters. The summed E-state index contributed by atoms with van der Waals surface area (Å²) >= 11 is 0. The van der Waals surface area contributed by atoms with Crippen molar-refractivity contribution in [1.82, 2.24) is 24.7 Å². The lowest BCUT2D eigenvalue weighted by Crippen LogP contribution is -2.62. The van der Waals surface area contributed by atoms with Gasteiger partial charge in [0, 0.05) is 45.3 Å². The molecule has 0 spiro atoms. The van der Waals surface area contributed by atoms with Crippen molar-refractivity contribution in [3.8, 4) is 0 Å². The molecule has 7 nitrogen and oxygen atoms in total. The first-order valence-electron chi connectivity index (χ1n) is 6.54. The van der Waals surface area contributed by atoms with E-state index in [0.29, 0.717) is 29.7 Å². The average Bonchev–Trinajstić information content (AvgIpc) is 2.75. The highest BCUT2D eigenvalue weighted by atomic mass is 32.2. The van der Waals surface area contributed by atoms with Gasteiger partial charge in [0.15, 0.2) is 0 Å². The molecule has 2 fully saturated rings. The topological polar surface area (TPSA) is 81.3 Å². The highest BCUT2D eigenvalue weighted by molar-refractivity contribution is 7.89. The van der Waals surface area contributed by atoms with Gasteiger partial charge in [0.25, 0.3) is 0 Å².